The molecule has 1 heterocycles. The van der Waals surface area contributed by atoms with Gasteiger partial charge in [0.2, 0.25) is 0 Å². The van der Waals surface area contributed by atoms with Gasteiger partial charge >= 0.3 is 6.18 Å². The molecular formula is C10H16F3N3. The monoisotopic (exact) mass is 235 g/mol. The topological polar surface area (TPSA) is 43.8 Å². The van der Waals surface area contributed by atoms with Crippen LogP contribution in [0.2, 0.25) is 0 Å². The molecule has 0 radical (unpaired) electrons. The van der Waals surface area contributed by atoms with E-state index in [0.717, 1.165) is 5.69 Å². The second-order valence-electron chi connectivity index (χ2n) is 3.82. The number of hydrogen-bond donors (Lipinski definition) is 1. The average Bonchev–Trinajstić information content (AvgIpc) is 2.43. The number of aryl methyl sites for hydroxylation is 2. The maximum Gasteiger partial charge on any atom is 0.403 e. The molecule has 0 saturated carbocycles. The standard InChI is InChI=1S/C10H16F3N3/c1-4-16-7(3)8(6(2)15-16)5-9(14)10(11,12)13/h9H,4-5,14H2,1-3H3. The fourth-order valence-corrected chi connectivity index (χ4v) is 1.67. The third kappa shape index (κ3) is 2.55. The Morgan fingerprint density at radius 1 is 1.38 bits per heavy atom. The second-order valence-corrected chi connectivity index (χ2v) is 3.82. The van der Waals surface area contributed by atoms with E-state index in [0.29, 0.717) is 17.8 Å². The molecule has 16 heavy (non-hydrogen) atoms. The molecule has 2 N–H and O–H groups in total. The largest absolute Gasteiger partial charge is 0.403 e. The lowest BCUT2D eigenvalue weighted by atomic mass is 10.0. The molecular weight excluding hydrogens is 219 g/mol. The van der Waals surface area contributed by atoms with Crippen molar-refractivity contribution in [1.29, 1.82) is 0 Å². The third-order valence-corrected chi connectivity index (χ3v) is 2.68. The lowest BCUT2D eigenvalue weighted by molar-refractivity contribution is -0.147. The molecule has 3 nitrogen and oxygen atoms in total. The van der Waals surface area contributed by atoms with Crippen LogP contribution in [-0.4, -0.2) is 22.0 Å². The summed E-state index contributed by atoms with van der Waals surface area (Å²) in [4.78, 5) is 0. The van der Waals surface area contributed by atoms with Gasteiger partial charge in [-0.25, -0.2) is 0 Å². The number of nitrogens with zero attached hydrogens (tertiary/aromatic N) is 2. The molecule has 0 aliphatic rings. The van der Waals surface area contributed by atoms with Crippen molar-refractivity contribution in [2.75, 3.05) is 0 Å². The fourth-order valence-electron chi connectivity index (χ4n) is 1.67. The first-order valence-electron chi connectivity index (χ1n) is 5.12. The predicted molar refractivity (Wildman–Crippen MR) is 55.1 cm³/mol. The summed E-state index contributed by atoms with van der Waals surface area (Å²) in [6.45, 7) is 6.01. The summed E-state index contributed by atoms with van der Waals surface area (Å²) < 4.78 is 38.7. The highest BCUT2D eigenvalue weighted by atomic mass is 19.4. The minimum atomic E-state index is -4.35. The highest BCUT2D eigenvalue weighted by Crippen LogP contribution is 2.24. The number of rotatable bonds is 3. The molecule has 6 heteroatoms. The molecule has 92 valence electrons. The van der Waals surface area contributed by atoms with E-state index in [-0.39, 0.29) is 6.42 Å². The number of halogens is 3. The van der Waals surface area contributed by atoms with Crippen LogP contribution in [0.25, 0.3) is 0 Å². The van der Waals surface area contributed by atoms with Crippen LogP contribution in [0.15, 0.2) is 0 Å². The Morgan fingerprint density at radius 3 is 2.31 bits per heavy atom. The van der Waals surface area contributed by atoms with E-state index in [9.17, 15) is 13.2 Å². The first kappa shape index (κ1) is 13.0. The summed E-state index contributed by atoms with van der Waals surface area (Å²) in [6, 6.07) is -1.82. The highest BCUT2D eigenvalue weighted by molar-refractivity contribution is 5.25. The molecule has 0 amide bonds. The minimum absolute atomic E-state index is 0.207. The quantitative estimate of drug-likeness (QED) is 0.870. The van der Waals surface area contributed by atoms with Gasteiger partial charge in [0.05, 0.1) is 5.69 Å². The molecule has 1 rings (SSSR count). The highest BCUT2D eigenvalue weighted by Gasteiger charge is 2.37. The zero-order valence-electron chi connectivity index (χ0n) is 9.60. The van der Waals surface area contributed by atoms with Crippen molar-refractivity contribution in [2.45, 2.75) is 46.0 Å². The van der Waals surface area contributed by atoms with Crippen LogP contribution >= 0.6 is 0 Å². The Kier molecular flexibility index (Phi) is 3.62. The molecule has 0 saturated heterocycles. The molecule has 1 aromatic heterocycles. The van der Waals surface area contributed by atoms with Gasteiger partial charge in [0, 0.05) is 12.2 Å². The molecule has 1 atom stereocenters. The summed E-state index contributed by atoms with van der Waals surface area (Å²) >= 11 is 0. The van der Waals surface area contributed by atoms with Crippen LogP contribution < -0.4 is 5.73 Å². The molecule has 0 aromatic carbocycles. The van der Waals surface area contributed by atoms with Gasteiger partial charge in [-0.05, 0) is 32.8 Å². The van der Waals surface area contributed by atoms with Gasteiger partial charge in [0.1, 0.15) is 6.04 Å². The average molecular weight is 235 g/mol. The molecule has 1 unspecified atom stereocenters. The SMILES string of the molecule is CCn1nc(C)c(CC(N)C(F)(F)F)c1C. The summed E-state index contributed by atoms with van der Waals surface area (Å²) in [7, 11) is 0. The van der Waals surface area contributed by atoms with E-state index in [1.807, 2.05) is 6.92 Å². The van der Waals surface area contributed by atoms with Crippen LogP contribution in [0.1, 0.15) is 23.9 Å². The summed E-state index contributed by atoms with van der Waals surface area (Å²) in [5.74, 6) is 0. The van der Waals surface area contributed by atoms with Crippen molar-refractivity contribution in [3.63, 3.8) is 0 Å². The molecule has 0 spiro atoms. The van der Waals surface area contributed by atoms with Gasteiger partial charge < -0.3 is 5.73 Å². The summed E-state index contributed by atoms with van der Waals surface area (Å²) in [6.07, 6.45) is -4.56. The summed E-state index contributed by atoms with van der Waals surface area (Å²) in [5.41, 5.74) is 7.10. The van der Waals surface area contributed by atoms with E-state index >= 15 is 0 Å². The van der Waals surface area contributed by atoms with Crippen molar-refractivity contribution >= 4 is 0 Å². The van der Waals surface area contributed by atoms with Gasteiger partial charge in [0.15, 0.2) is 0 Å². The van der Waals surface area contributed by atoms with Crippen LogP contribution in [-0.2, 0) is 13.0 Å². The fraction of sp³-hybridized carbons (Fsp3) is 0.700. The lowest BCUT2D eigenvalue weighted by Gasteiger charge is -2.15. The third-order valence-electron chi connectivity index (χ3n) is 2.68. The maximum absolute atomic E-state index is 12.3. The molecule has 1 aromatic rings. The lowest BCUT2D eigenvalue weighted by Crippen LogP contribution is -2.39. The van der Waals surface area contributed by atoms with Gasteiger partial charge in [-0.15, -0.1) is 0 Å². The predicted octanol–water partition coefficient (Wildman–Crippen LogP) is 1.95. The number of alkyl halides is 3. The van der Waals surface area contributed by atoms with E-state index in [2.05, 4.69) is 5.10 Å². The Bertz CT molecular complexity index is 368. The normalized spacial score (nSPS) is 14.2. The Morgan fingerprint density at radius 2 is 1.94 bits per heavy atom. The van der Waals surface area contributed by atoms with Gasteiger partial charge in [-0.3, -0.25) is 4.68 Å². The Hall–Kier alpha value is -1.04. The van der Waals surface area contributed by atoms with Crippen molar-refractivity contribution < 1.29 is 13.2 Å². The number of nitrogens with two attached hydrogens (primary N) is 1. The molecule has 0 fully saturated rings. The first-order valence-corrected chi connectivity index (χ1v) is 5.12. The minimum Gasteiger partial charge on any atom is -0.320 e. The van der Waals surface area contributed by atoms with E-state index in [1.54, 1.807) is 18.5 Å². The van der Waals surface area contributed by atoms with E-state index < -0.39 is 12.2 Å². The van der Waals surface area contributed by atoms with Crippen molar-refractivity contribution in [3.8, 4) is 0 Å². The van der Waals surface area contributed by atoms with Gasteiger partial charge in [-0.1, -0.05) is 0 Å². The van der Waals surface area contributed by atoms with Gasteiger partial charge in [0.25, 0.3) is 0 Å². The molecule has 0 bridgehead atoms. The summed E-state index contributed by atoms with van der Waals surface area (Å²) in [5, 5.41) is 4.16. The zero-order valence-corrected chi connectivity index (χ0v) is 9.60. The molecule has 0 aliphatic carbocycles. The van der Waals surface area contributed by atoms with E-state index in [4.69, 9.17) is 5.73 Å². The van der Waals surface area contributed by atoms with Crippen molar-refractivity contribution in [1.82, 2.24) is 9.78 Å². The van der Waals surface area contributed by atoms with Crippen LogP contribution in [0, 0.1) is 13.8 Å². The zero-order chi connectivity index (χ0) is 12.5. The maximum atomic E-state index is 12.3. The first-order chi connectivity index (χ1) is 7.27. The number of aromatic nitrogens is 2. The van der Waals surface area contributed by atoms with E-state index in [1.165, 1.54) is 0 Å². The Balaban J connectivity index is 2.93. The second kappa shape index (κ2) is 4.45. The van der Waals surface area contributed by atoms with Crippen LogP contribution in [0.5, 0.6) is 0 Å². The molecule has 0 aliphatic heterocycles. The van der Waals surface area contributed by atoms with Crippen LogP contribution in [0.3, 0.4) is 0 Å². The number of hydrogen-bond acceptors (Lipinski definition) is 2. The van der Waals surface area contributed by atoms with Crippen molar-refractivity contribution in [2.24, 2.45) is 5.73 Å². The van der Waals surface area contributed by atoms with Gasteiger partial charge in [-0.2, -0.15) is 18.3 Å². The van der Waals surface area contributed by atoms with Crippen molar-refractivity contribution in [3.05, 3.63) is 17.0 Å². The smallest absolute Gasteiger partial charge is 0.320 e. The Labute approximate surface area is 92.4 Å². The van der Waals surface area contributed by atoms with Crippen LogP contribution in [0.4, 0.5) is 13.2 Å².